The first-order chi connectivity index (χ1) is 16.4. The van der Waals surface area contributed by atoms with Crippen molar-refractivity contribution in [2.75, 3.05) is 45.2 Å². The van der Waals surface area contributed by atoms with Crippen LogP contribution in [0.3, 0.4) is 0 Å². The minimum Gasteiger partial charge on any atom is -0.468 e. The third-order valence-electron chi connectivity index (χ3n) is 6.27. The fourth-order valence-electron chi connectivity index (χ4n) is 4.36. The minimum atomic E-state index is -0.379. The summed E-state index contributed by atoms with van der Waals surface area (Å²) in [5.41, 5.74) is 4.69. The van der Waals surface area contributed by atoms with Crippen LogP contribution in [0.2, 0.25) is 5.02 Å². The van der Waals surface area contributed by atoms with E-state index in [1.165, 1.54) is 19.2 Å². The predicted molar refractivity (Wildman–Crippen MR) is 131 cm³/mol. The average molecular weight is 480 g/mol. The van der Waals surface area contributed by atoms with Gasteiger partial charge in [-0.25, -0.2) is 9.37 Å². The first kappa shape index (κ1) is 22.4. The van der Waals surface area contributed by atoms with Crippen LogP contribution >= 0.6 is 11.6 Å². The van der Waals surface area contributed by atoms with E-state index in [-0.39, 0.29) is 17.8 Å². The van der Waals surface area contributed by atoms with Crippen molar-refractivity contribution in [1.82, 2.24) is 14.9 Å². The molecule has 7 nitrogen and oxygen atoms in total. The Morgan fingerprint density at radius 2 is 2.03 bits per heavy atom. The van der Waals surface area contributed by atoms with Crippen LogP contribution in [-0.4, -0.2) is 72.9 Å². The number of methoxy groups -OCH3 is 1. The lowest BCUT2D eigenvalue weighted by Gasteiger charge is -2.38. The van der Waals surface area contributed by atoms with Gasteiger partial charge in [0.05, 0.1) is 48.0 Å². The van der Waals surface area contributed by atoms with Gasteiger partial charge in [0.2, 0.25) is 0 Å². The lowest BCUT2D eigenvalue weighted by molar-refractivity contribution is -0.146. The molecule has 0 aliphatic carbocycles. The summed E-state index contributed by atoms with van der Waals surface area (Å²) in [5.74, 6) is -0.634. The molecule has 0 N–H and O–H groups in total. The van der Waals surface area contributed by atoms with E-state index in [0.29, 0.717) is 40.6 Å². The van der Waals surface area contributed by atoms with Crippen LogP contribution in [0.5, 0.6) is 0 Å². The van der Waals surface area contributed by atoms with Crippen LogP contribution in [0, 0.1) is 5.82 Å². The molecule has 2 aliphatic heterocycles. The minimum absolute atomic E-state index is 0.255. The maximum Gasteiger partial charge on any atom is 0.324 e. The number of hydrogen-bond acceptors (Lipinski definition) is 7. The number of allylic oxidation sites excluding steroid dienone is 1. The molecule has 2 aromatic heterocycles. The number of aliphatic imine (C=N–C) groups is 1. The van der Waals surface area contributed by atoms with E-state index in [9.17, 15) is 9.18 Å². The largest absolute Gasteiger partial charge is 0.468 e. The summed E-state index contributed by atoms with van der Waals surface area (Å²) >= 11 is 6.10. The number of nitrogens with zero attached hydrogens (tertiary/aromatic N) is 5. The molecule has 4 heterocycles. The lowest BCUT2D eigenvalue weighted by atomic mass is 9.99. The fraction of sp³-hybridized carbons (Fsp3) is 0.280. The van der Waals surface area contributed by atoms with Gasteiger partial charge in [-0.05, 0) is 43.4 Å². The normalized spacial score (nSPS) is 18.7. The number of ether oxygens (including phenoxy) is 1. The quantitative estimate of drug-likeness (QED) is 0.532. The Labute approximate surface area is 201 Å². The molecule has 1 atom stereocenters. The molecule has 0 spiro atoms. The summed E-state index contributed by atoms with van der Waals surface area (Å²) in [6.45, 7) is 2.44. The summed E-state index contributed by atoms with van der Waals surface area (Å²) in [7, 11) is 3.32. The van der Waals surface area contributed by atoms with E-state index in [1.807, 2.05) is 36.2 Å². The van der Waals surface area contributed by atoms with Crippen LogP contribution < -0.4 is 4.90 Å². The summed E-state index contributed by atoms with van der Waals surface area (Å²) < 4.78 is 19.5. The van der Waals surface area contributed by atoms with Crippen molar-refractivity contribution in [2.45, 2.75) is 6.04 Å². The molecular weight excluding hydrogens is 457 g/mol. The third-order valence-corrected chi connectivity index (χ3v) is 6.50. The number of fused-ring (bicyclic) bond motifs is 1. The number of rotatable bonds is 4. The van der Waals surface area contributed by atoms with Crippen LogP contribution in [-0.2, 0) is 9.53 Å². The van der Waals surface area contributed by atoms with Gasteiger partial charge in [0.25, 0.3) is 0 Å². The van der Waals surface area contributed by atoms with Crippen molar-refractivity contribution in [3.63, 3.8) is 0 Å². The highest BCUT2D eigenvalue weighted by Gasteiger charge is 2.31. The van der Waals surface area contributed by atoms with Gasteiger partial charge < -0.3 is 9.64 Å². The van der Waals surface area contributed by atoms with Crippen molar-refractivity contribution in [2.24, 2.45) is 4.99 Å². The van der Waals surface area contributed by atoms with E-state index in [1.54, 1.807) is 12.3 Å². The fourth-order valence-corrected chi connectivity index (χ4v) is 4.53. The number of halogens is 2. The van der Waals surface area contributed by atoms with Crippen LogP contribution in [0.15, 0.2) is 53.7 Å². The maximum absolute atomic E-state index is 14.5. The molecule has 174 valence electrons. The number of anilines is 1. The molecule has 0 bridgehead atoms. The number of piperazine rings is 1. The topological polar surface area (TPSA) is 70.9 Å². The first-order valence-electron chi connectivity index (χ1n) is 10.9. The molecule has 5 rings (SSSR count). The zero-order chi connectivity index (χ0) is 23.8. The number of hydrogen-bond donors (Lipinski definition) is 0. The summed E-state index contributed by atoms with van der Waals surface area (Å²) in [4.78, 5) is 30.2. The Kier molecular flexibility index (Phi) is 6.02. The highest BCUT2D eigenvalue weighted by Crippen LogP contribution is 2.29. The average Bonchev–Trinajstić information content (AvgIpc) is 3.34. The Morgan fingerprint density at radius 3 is 2.85 bits per heavy atom. The molecule has 1 fully saturated rings. The van der Waals surface area contributed by atoms with Crippen LogP contribution in [0.4, 0.5) is 10.1 Å². The van der Waals surface area contributed by atoms with Gasteiger partial charge in [-0.3, -0.25) is 19.7 Å². The molecule has 0 unspecified atom stereocenters. The third kappa shape index (κ3) is 4.15. The van der Waals surface area contributed by atoms with Crippen LogP contribution in [0.1, 0.15) is 11.3 Å². The van der Waals surface area contributed by atoms with Gasteiger partial charge in [0, 0.05) is 35.8 Å². The standard InChI is InChI=1S/C25H23ClFN5O2/c1-31-9-10-32(14-23(31)25(33)34-2)16-12-22-21(29-13-16)6-5-20(30-22)17-7-8-28-24(17)18-11-15(26)3-4-19(18)27/h3-7,11-13,23H,8-10,14H2,1-2H3/t23-/m1/s1. The molecule has 0 radical (unpaired) electrons. The van der Waals surface area contributed by atoms with E-state index in [2.05, 4.69) is 14.9 Å². The lowest BCUT2D eigenvalue weighted by Crippen LogP contribution is -2.55. The zero-order valence-corrected chi connectivity index (χ0v) is 19.6. The molecule has 0 saturated carbocycles. The Balaban J connectivity index is 1.46. The van der Waals surface area contributed by atoms with E-state index < -0.39 is 0 Å². The number of aromatic nitrogens is 2. The second-order valence-electron chi connectivity index (χ2n) is 8.33. The first-order valence-corrected chi connectivity index (χ1v) is 11.3. The van der Waals surface area contributed by atoms with Gasteiger partial charge in [0.15, 0.2) is 0 Å². The van der Waals surface area contributed by atoms with Gasteiger partial charge in [-0.2, -0.15) is 0 Å². The molecule has 0 amide bonds. The Hall–Kier alpha value is -3.36. The van der Waals surface area contributed by atoms with Crippen molar-refractivity contribution in [3.8, 4) is 0 Å². The maximum atomic E-state index is 14.5. The van der Waals surface area contributed by atoms with Gasteiger partial charge >= 0.3 is 5.97 Å². The van der Waals surface area contributed by atoms with Crippen LogP contribution in [0.25, 0.3) is 16.6 Å². The number of carbonyl (C=O) groups is 1. The molecule has 34 heavy (non-hydrogen) atoms. The highest BCUT2D eigenvalue weighted by atomic mass is 35.5. The number of benzene rings is 1. The molecule has 3 aromatic rings. The number of pyridine rings is 2. The molecule has 2 aliphatic rings. The van der Waals surface area contributed by atoms with Crippen molar-refractivity contribution in [1.29, 1.82) is 0 Å². The van der Waals surface area contributed by atoms with Gasteiger partial charge in [0.1, 0.15) is 11.9 Å². The SMILES string of the molecule is COC(=O)[C@H]1CN(c2cnc3ccc(C4=CCN=C4c4cc(Cl)ccc4F)nc3c2)CCN1C. The van der Waals surface area contributed by atoms with Crippen molar-refractivity contribution in [3.05, 3.63) is 70.8 Å². The second kappa shape index (κ2) is 9.12. The summed E-state index contributed by atoms with van der Waals surface area (Å²) in [5, 5.41) is 0.447. The van der Waals surface area contributed by atoms with E-state index in [0.717, 1.165) is 29.9 Å². The number of carbonyl (C=O) groups excluding carboxylic acids is 1. The van der Waals surface area contributed by atoms with Crippen molar-refractivity contribution < 1.29 is 13.9 Å². The summed E-state index contributed by atoms with van der Waals surface area (Å²) in [6.07, 6.45) is 3.73. The molecule has 1 saturated heterocycles. The van der Waals surface area contributed by atoms with Gasteiger partial charge in [-0.15, -0.1) is 0 Å². The van der Waals surface area contributed by atoms with E-state index in [4.69, 9.17) is 21.3 Å². The molecular formula is C25H23ClFN5O2. The second-order valence-corrected chi connectivity index (χ2v) is 8.76. The zero-order valence-electron chi connectivity index (χ0n) is 18.8. The smallest absolute Gasteiger partial charge is 0.324 e. The predicted octanol–water partition coefficient (Wildman–Crippen LogP) is 3.60. The van der Waals surface area contributed by atoms with Crippen molar-refractivity contribution >= 4 is 45.6 Å². The van der Waals surface area contributed by atoms with Gasteiger partial charge in [-0.1, -0.05) is 17.7 Å². The Morgan fingerprint density at radius 1 is 1.18 bits per heavy atom. The number of esters is 1. The number of likely N-dealkylation sites (N-methyl/N-ethyl adjacent to an activating group) is 1. The Bertz CT molecular complexity index is 1340. The highest BCUT2D eigenvalue weighted by molar-refractivity contribution is 6.35. The molecule has 1 aromatic carbocycles. The summed E-state index contributed by atoms with van der Waals surface area (Å²) in [6, 6.07) is 9.84. The monoisotopic (exact) mass is 479 g/mol. The van der Waals surface area contributed by atoms with E-state index >= 15 is 0 Å². The molecule has 9 heteroatoms.